The Hall–Kier alpha value is -1.52. The fourth-order valence-corrected chi connectivity index (χ4v) is 3.71. The van der Waals surface area contributed by atoms with E-state index in [4.69, 9.17) is 0 Å². The third-order valence-electron chi connectivity index (χ3n) is 5.94. The maximum atomic E-state index is 14.1. The molecule has 0 bridgehead atoms. The molecular weight excluding hydrogens is 515 g/mol. The summed E-state index contributed by atoms with van der Waals surface area (Å²) in [7, 11) is 0. The maximum Gasteiger partial charge on any atom is 0.426 e. The summed E-state index contributed by atoms with van der Waals surface area (Å²) in [5.74, 6) is -8.97. The summed E-state index contributed by atoms with van der Waals surface area (Å²) in [5, 5.41) is 19.1. The van der Waals surface area contributed by atoms with Crippen molar-refractivity contribution < 1.29 is 76.8 Å². The zero-order chi connectivity index (χ0) is 27.3. The van der Waals surface area contributed by atoms with E-state index in [2.05, 4.69) is 4.74 Å². The standard InChI is InChI=1S/C17H19F13O4/c1-3-11(2,18)10(31)34-9-5-7(12(32,14(19,20)21)15(22,23)24)4-8(6-9)13(33,16(25,26)27)17(28,29)30/h7-9,32-33H,3-6H2,1-2H3. The molecule has 0 aromatic carbocycles. The minimum absolute atomic E-state index is 0.538. The maximum absolute atomic E-state index is 14.1. The van der Waals surface area contributed by atoms with Gasteiger partial charge in [0.25, 0.3) is 11.2 Å². The van der Waals surface area contributed by atoms with Crippen molar-refractivity contribution in [2.24, 2.45) is 11.8 Å². The molecule has 202 valence electrons. The summed E-state index contributed by atoms with van der Waals surface area (Å²) in [4.78, 5) is 11.9. The Kier molecular flexibility index (Phi) is 7.94. The van der Waals surface area contributed by atoms with E-state index in [0.717, 1.165) is 6.92 Å². The lowest BCUT2D eigenvalue weighted by Crippen LogP contribution is -2.67. The van der Waals surface area contributed by atoms with Gasteiger partial charge in [-0.25, -0.2) is 9.18 Å². The van der Waals surface area contributed by atoms with Gasteiger partial charge in [-0.15, -0.1) is 0 Å². The first kappa shape index (κ1) is 30.5. The quantitative estimate of drug-likeness (QED) is 0.378. The van der Waals surface area contributed by atoms with Crippen LogP contribution in [0.1, 0.15) is 39.5 Å². The van der Waals surface area contributed by atoms with Crippen molar-refractivity contribution in [2.75, 3.05) is 0 Å². The monoisotopic (exact) mass is 534 g/mol. The Labute approximate surface area is 183 Å². The van der Waals surface area contributed by atoms with Crippen LogP contribution in [0.4, 0.5) is 57.1 Å². The average molecular weight is 534 g/mol. The number of halogens is 13. The zero-order valence-corrected chi connectivity index (χ0v) is 17.2. The fourth-order valence-electron chi connectivity index (χ4n) is 3.71. The molecule has 3 unspecified atom stereocenters. The van der Waals surface area contributed by atoms with E-state index in [0.29, 0.717) is 6.92 Å². The molecule has 17 heteroatoms. The minimum Gasteiger partial charge on any atom is -0.460 e. The Morgan fingerprint density at radius 3 is 1.24 bits per heavy atom. The van der Waals surface area contributed by atoms with Gasteiger partial charge in [0.1, 0.15) is 6.10 Å². The van der Waals surface area contributed by atoms with Gasteiger partial charge in [-0.1, -0.05) is 6.92 Å². The first-order chi connectivity index (χ1) is 14.8. The first-order valence-electron chi connectivity index (χ1n) is 9.39. The third kappa shape index (κ3) is 5.18. The molecule has 1 aliphatic carbocycles. The molecule has 0 saturated heterocycles. The predicted octanol–water partition coefficient (Wildman–Crippen LogP) is 5.16. The Morgan fingerprint density at radius 2 is 1.00 bits per heavy atom. The van der Waals surface area contributed by atoms with E-state index in [9.17, 15) is 72.1 Å². The summed E-state index contributed by atoms with van der Waals surface area (Å²) in [5.41, 5.74) is -14.6. The summed E-state index contributed by atoms with van der Waals surface area (Å²) in [6, 6.07) is 0. The fraction of sp³-hybridized carbons (Fsp3) is 0.941. The topological polar surface area (TPSA) is 66.8 Å². The molecule has 0 heterocycles. The van der Waals surface area contributed by atoms with Crippen LogP contribution in [0.15, 0.2) is 0 Å². The predicted molar refractivity (Wildman–Crippen MR) is 84.6 cm³/mol. The molecule has 34 heavy (non-hydrogen) atoms. The van der Waals surface area contributed by atoms with Crippen LogP contribution in [0.2, 0.25) is 0 Å². The van der Waals surface area contributed by atoms with Gasteiger partial charge >= 0.3 is 30.7 Å². The normalized spacial score (nSPS) is 25.6. The Bertz CT molecular complexity index is 662. The van der Waals surface area contributed by atoms with E-state index < -0.39 is 91.2 Å². The van der Waals surface area contributed by atoms with Crippen molar-refractivity contribution in [3.63, 3.8) is 0 Å². The lowest BCUT2D eigenvalue weighted by atomic mass is 9.65. The average Bonchev–Trinajstić information content (AvgIpc) is 2.62. The second-order valence-corrected chi connectivity index (χ2v) is 8.20. The van der Waals surface area contributed by atoms with E-state index >= 15 is 0 Å². The van der Waals surface area contributed by atoms with E-state index in [1.54, 1.807) is 0 Å². The third-order valence-corrected chi connectivity index (χ3v) is 5.94. The molecule has 3 atom stereocenters. The van der Waals surface area contributed by atoms with Gasteiger partial charge in [-0.3, -0.25) is 0 Å². The van der Waals surface area contributed by atoms with Gasteiger partial charge in [0.2, 0.25) is 5.67 Å². The highest BCUT2D eigenvalue weighted by Crippen LogP contribution is 2.58. The number of ether oxygens (including phenoxy) is 1. The van der Waals surface area contributed by atoms with Crippen molar-refractivity contribution in [2.45, 2.75) is 87.2 Å². The number of hydrogen-bond acceptors (Lipinski definition) is 4. The molecule has 0 aromatic heterocycles. The van der Waals surface area contributed by atoms with E-state index in [-0.39, 0.29) is 0 Å². The molecule has 0 amide bonds. The second kappa shape index (κ2) is 8.85. The molecule has 0 aromatic rings. The summed E-state index contributed by atoms with van der Waals surface area (Å²) in [6.45, 7) is 1.57. The molecule has 0 radical (unpaired) electrons. The molecule has 1 fully saturated rings. The van der Waals surface area contributed by atoms with Gasteiger partial charge in [0.05, 0.1) is 0 Å². The van der Waals surface area contributed by atoms with Crippen LogP contribution >= 0.6 is 0 Å². The second-order valence-electron chi connectivity index (χ2n) is 8.20. The highest BCUT2D eigenvalue weighted by molar-refractivity contribution is 5.79. The van der Waals surface area contributed by atoms with Crippen LogP contribution < -0.4 is 0 Å². The number of esters is 1. The Morgan fingerprint density at radius 1 is 0.706 bits per heavy atom. The molecular formula is C17H19F13O4. The van der Waals surface area contributed by atoms with Crippen molar-refractivity contribution in [3.8, 4) is 0 Å². The van der Waals surface area contributed by atoms with Crippen molar-refractivity contribution >= 4 is 5.97 Å². The van der Waals surface area contributed by atoms with Crippen LogP contribution in [0.5, 0.6) is 0 Å². The van der Waals surface area contributed by atoms with E-state index in [1.807, 2.05) is 0 Å². The molecule has 0 aliphatic heterocycles. The van der Waals surface area contributed by atoms with Crippen LogP contribution in [0, 0.1) is 11.8 Å². The van der Waals surface area contributed by atoms with Crippen LogP contribution in [-0.4, -0.2) is 63.9 Å². The summed E-state index contributed by atoms with van der Waals surface area (Å²) < 4.78 is 178. The van der Waals surface area contributed by atoms with Crippen LogP contribution in [0.3, 0.4) is 0 Å². The van der Waals surface area contributed by atoms with Gasteiger partial charge in [0, 0.05) is 11.8 Å². The minimum atomic E-state index is -6.65. The lowest BCUT2D eigenvalue weighted by Gasteiger charge is -2.48. The van der Waals surface area contributed by atoms with Crippen molar-refractivity contribution in [1.29, 1.82) is 0 Å². The number of carbonyl (C=O) groups is 1. The highest BCUT2D eigenvalue weighted by atomic mass is 19.4. The number of hydrogen-bond donors (Lipinski definition) is 2. The number of alkyl halides is 13. The molecule has 1 rings (SSSR count). The summed E-state index contributed by atoms with van der Waals surface area (Å²) in [6.07, 6.45) is -35.6. The molecule has 1 aliphatic rings. The van der Waals surface area contributed by atoms with E-state index in [1.165, 1.54) is 0 Å². The van der Waals surface area contributed by atoms with Crippen LogP contribution in [-0.2, 0) is 9.53 Å². The lowest BCUT2D eigenvalue weighted by molar-refractivity contribution is -0.405. The van der Waals surface area contributed by atoms with Crippen molar-refractivity contribution in [1.82, 2.24) is 0 Å². The van der Waals surface area contributed by atoms with Gasteiger partial charge in [-0.2, -0.15) is 52.7 Å². The number of aliphatic hydroxyl groups is 2. The van der Waals surface area contributed by atoms with Crippen LogP contribution in [0.25, 0.3) is 0 Å². The summed E-state index contributed by atoms with van der Waals surface area (Å²) >= 11 is 0. The molecule has 4 nitrogen and oxygen atoms in total. The van der Waals surface area contributed by atoms with Gasteiger partial charge < -0.3 is 14.9 Å². The largest absolute Gasteiger partial charge is 0.460 e. The first-order valence-corrected chi connectivity index (χ1v) is 9.39. The number of rotatable bonds is 5. The highest BCUT2D eigenvalue weighted by Gasteiger charge is 2.78. The zero-order valence-electron chi connectivity index (χ0n) is 17.2. The van der Waals surface area contributed by atoms with Gasteiger partial charge in [-0.05, 0) is 32.6 Å². The Balaban J connectivity index is 3.69. The SMILES string of the molecule is CCC(C)(F)C(=O)OC1CC(C(O)(C(F)(F)F)C(F)(F)F)CC(C(O)(C(F)(F)F)C(F)(F)F)C1. The molecule has 0 spiro atoms. The molecule has 2 N–H and O–H groups in total. The van der Waals surface area contributed by atoms with Gasteiger partial charge in [0.15, 0.2) is 0 Å². The molecule has 1 saturated carbocycles. The smallest absolute Gasteiger partial charge is 0.426 e. The van der Waals surface area contributed by atoms with Crippen molar-refractivity contribution in [3.05, 3.63) is 0 Å². The number of carbonyl (C=O) groups excluding carboxylic acids is 1.